The molecule has 0 heterocycles. The molecule has 1 amide bonds. The molecule has 10 heteroatoms. The molecule has 0 radical (unpaired) electrons. The van der Waals surface area contributed by atoms with Gasteiger partial charge < -0.3 is 5.32 Å². The summed E-state index contributed by atoms with van der Waals surface area (Å²) >= 11 is 20.1. The minimum absolute atomic E-state index is 0.0269. The van der Waals surface area contributed by atoms with Crippen LogP contribution in [-0.2, 0) is 21.4 Å². The number of sulfonamides is 1. The van der Waals surface area contributed by atoms with Gasteiger partial charge in [-0.15, -0.1) is 0 Å². The van der Waals surface area contributed by atoms with E-state index in [0.717, 1.165) is 7.88 Å². The summed E-state index contributed by atoms with van der Waals surface area (Å²) < 4.78 is 28.6. The summed E-state index contributed by atoms with van der Waals surface area (Å²) in [4.78, 5) is 12.7. The molecular formula is C21H16Cl3IN2O3S. The van der Waals surface area contributed by atoms with Crippen LogP contribution >= 0.6 is 57.4 Å². The van der Waals surface area contributed by atoms with E-state index in [4.69, 9.17) is 34.8 Å². The number of rotatable bonds is 7. The van der Waals surface area contributed by atoms with Gasteiger partial charge in [0.15, 0.2) is 0 Å². The van der Waals surface area contributed by atoms with E-state index in [1.165, 1.54) is 24.3 Å². The van der Waals surface area contributed by atoms with Crippen LogP contribution in [0.2, 0.25) is 15.1 Å². The number of hydrogen-bond acceptors (Lipinski definition) is 3. The van der Waals surface area contributed by atoms with Crippen molar-refractivity contribution < 1.29 is 13.2 Å². The zero-order chi connectivity index (χ0) is 22.6. The van der Waals surface area contributed by atoms with Crippen molar-refractivity contribution in [3.8, 4) is 0 Å². The van der Waals surface area contributed by atoms with Crippen molar-refractivity contribution in [2.75, 3.05) is 11.9 Å². The Morgan fingerprint density at radius 3 is 2.16 bits per heavy atom. The average Bonchev–Trinajstić information content (AvgIpc) is 2.72. The molecule has 0 spiro atoms. The summed E-state index contributed by atoms with van der Waals surface area (Å²) in [5.74, 6) is -0.473. The van der Waals surface area contributed by atoms with Gasteiger partial charge in [-0.2, -0.15) is 4.31 Å². The lowest BCUT2D eigenvalue weighted by Gasteiger charge is -2.22. The molecule has 162 valence electrons. The maximum atomic E-state index is 13.3. The van der Waals surface area contributed by atoms with Crippen LogP contribution in [0, 0.1) is 3.57 Å². The number of carbonyl (C=O) groups is 1. The summed E-state index contributed by atoms with van der Waals surface area (Å²) in [6.07, 6.45) is 0. The Labute approximate surface area is 209 Å². The van der Waals surface area contributed by atoms with Gasteiger partial charge >= 0.3 is 0 Å². The Hall–Kier alpha value is -1.36. The number of benzene rings is 3. The van der Waals surface area contributed by atoms with Gasteiger partial charge in [-0.25, -0.2) is 8.42 Å². The molecule has 3 rings (SSSR count). The second-order valence-electron chi connectivity index (χ2n) is 6.53. The van der Waals surface area contributed by atoms with E-state index in [-0.39, 0.29) is 11.4 Å². The normalized spacial score (nSPS) is 11.5. The highest BCUT2D eigenvalue weighted by Crippen LogP contribution is 2.25. The summed E-state index contributed by atoms with van der Waals surface area (Å²) in [6, 6.07) is 17.8. The number of anilines is 1. The van der Waals surface area contributed by atoms with Crippen molar-refractivity contribution in [3.05, 3.63) is 90.9 Å². The first-order valence-electron chi connectivity index (χ1n) is 8.90. The van der Waals surface area contributed by atoms with Crippen LogP contribution in [0.4, 0.5) is 5.69 Å². The van der Waals surface area contributed by atoms with Crippen molar-refractivity contribution in [2.24, 2.45) is 0 Å². The summed E-state index contributed by atoms with van der Waals surface area (Å²) in [6.45, 7) is -0.459. The van der Waals surface area contributed by atoms with E-state index in [9.17, 15) is 13.2 Å². The Kier molecular flexibility index (Phi) is 8.23. The van der Waals surface area contributed by atoms with E-state index < -0.39 is 22.5 Å². The lowest BCUT2D eigenvalue weighted by Crippen LogP contribution is -2.37. The Balaban J connectivity index is 1.88. The molecule has 0 atom stereocenters. The van der Waals surface area contributed by atoms with Crippen molar-refractivity contribution in [1.82, 2.24) is 4.31 Å². The van der Waals surface area contributed by atoms with Crippen LogP contribution in [0.1, 0.15) is 5.56 Å². The molecule has 3 aromatic carbocycles. The maximum Gasteiger partial charge on any atom is 0.243 e. The summed E-state index contributed by atoms with van der Waals surface area (Å²) in [5, 5.41) is 3.78. The van der Waals surface area contributed by atoms with Crippen LogP contribution in [0.3, 0.4) is 0 Å². The predicted molar refractivity (Wildman–Crippen MR) is 133 cm³/mol. The first kappa shape index (κ1) is 24.3. The highest BCUT2D eigenvalue weighted by molar-refractivity contribution is 14.1. The first-order valence-corrected chi connectivity index (χ1v) is 12.6. The van der Waals surface area contributed by atoms with Gasteiger partial charge in [-0.05, 0) is 88.8 Å². The zero-order valence-corrected chi connectivity index (χ0v) is 21.1. The SMILES string of the molecule is O=C(CN(Cc1ccc(Cl)c(Cl)c1)S(=O)(=O)c1ccc(Cl)cc1)Nc1ccc(I)cc1. The van der Waals surface area contributed by atoms with Crippen molar-refractivity contribution in [2.45, 2.75) is 11.4 Å². The molecular weight excluding hydrogens is 594 g/mol. The lowest BCUT2D eigenvalue weighted by atomic mass is 10.2. The van der Waals surface area contributed by atoms with E-state index in [1.54, 1.807) is 30.3 Å². The largest absolute Gasteiger partial charge is 0.325 e. The fraction of sp³-hybridized carbons (Fsp3) is 0.0952. The van der Waals surface area contributed by atoms with Crippen LogP contribution in [0.25, 0.3) is 0 Å². The number of amides is 1. The summed E-state index contributed by atoms with van der Waals surface area (Å²) in [5.41, 5.74) is 1.16. The van der Waals surface area contributed by atoms with Gasteiger partial charge in [0.1, 0.15) is 0 Å². The number of nitrogens with zero attached hydrogens (tertiary/aromatic N) is 1. The average molecular weight is 610 g/mol. The molecule has 0 saturated heterocycles. The van der Waals surface area contributed by atoms with Gasteiger partial charge in [0.2, 0.25) is 15.9 Å². The molecule has 5 nitrogen and oxygen atoms in total. The molecule has 0 aliphatic carbocycles. The molecule has 31 heavy (non-hydrogen) atoms. The fourth-order valence-corrected chi connectivity index (χ4v) is 4.91. The number of halogens is 4. The molecule has 0 aromatic heterocycles. The van der Waals surface area contributed by atoms with E-state index in [0.29, 0.717) is 26.3 Å². The predicted octanol–water partition coefficient (Wildman–Crippen LogP) is 6.08. The third kappa shape index (κ3) is 6.57. The van der Waals surface area contributed by atoms with Gasteiger partial charge in [-0.3, -0.25) is 4.79 Å². The smallest absolute Gasteiger partial charge is 0.243 e. The van der Waals surface area contributed by atoms with E-state index in [2.05, 4.69) is 27.9 Å². The van der Waals surface area contributed by atoms with Gasteiger partial charge in [-0.1, -0.05) is 40.9 Å². The third-order valence-corrected chi connectivity index (χ3v) is 7.76. The van der Waals surface area contributed by atoms with Gasteiger partial charge in [0.25, 0.3) is 0 Å². The van der Waals surface area contributed by atoms with Crippen LogP contribution in [-0.4, -0.2) is 25.2 Å². The fourth-order valence-electron chi connectivity index (χ4n) is 2.72. The maximum absolute atomic E-state index is 13.3. The van der Waals surface area contributed by atoms with Crippen molar-refractivity contribution in [1.29, 1.82) is 0 Å². The molecule has 0 fully saturated rings. The number of hydrogen-bond donors (Lipinski definition) is 1. The zero-order valence-electron chi connectivity index (χ0n) is 15.9. The molecule has 0 aliphatic heterocycles. The lowest BCUT2D eigenvalue weighted by molar-refractivity contribution is -0.116. The second kappa shape index (κ2) is 10.5. The van der Waals surface area contributed by atoms with Crippen LogP contribution < -0.4 is 5.32 Å². The highest BCUT2D eigenvalue weighted by Gasteiger charge is 2.27. The Morgan fingerprint density at radius 2 is 1.55 bits per heavy atom. The minimum atomic E-state index is -4.00. The molecule has 1 N–H and O–H groups in total. The highest BCUT2D eigenvalue weighted by atomic mass is 127. The van der Waals surface area contributed by atoms with Gasteiger partial charge in [0.05, 0.1) is 21.5 Å². The topological polar surface area (TPSA) is 66.5 Å². The van der Waals surface area contributed by atoms with Crippen LogP contribution in [0.5, 0.6) is 0 Å². The Morgan fingerprint density at radius 1 is 0.903 bits per heavy atom. The standard InChI is InChI=1S/C21H16Cl3IN2O3S/c22-15-2-8-18(9-3-15)31(29,30)27(12-14-1-10-19(23)20(24)11-14)13-21(28)26-17-6-4-16(25)5-7-17/h1-11H,12-13H2,(H,26,28). The van der Waals surface area contributed by atoms with Crippen molar-refractivity contribution >= 4 is 79.0 Å². The molecule has 0 unspecified atom stereocenters. The van der Waals surface area contributed by atoms with E-state index in [1.807, 2.05) is 12.1 Å². The van der Waals surface area contributed by atoms with Crippen molar-refractivity contribution in [3.63, 3.8) is 0 Å². The molecule has 0 bridgehead atoms. The van der Waals surface area contributed by atoms with Crippen LogP contribution in [0.15, 0.2) is 71.6 Å². The molecule has 3 aromatic rings. The quantitative estimate of drug-likeness (QED) is 0.330. The minimum Gasteiger partial charge on any atom is -0.325 e. The van der Waals surface area contributed by atoms with Gasteiger partial charge in [0, 0.05) is 20.8 Å². The summed E-state index contributed by atoms with van der Waals surface area (Å²) in [7, 11) is -4.00. The molecule has 0 saturated carbocycles. The third-order valence-electron chi connectivity index (χ3n) is 4.24. The Bertz CT molecular complexity index is 1190. The number of nitrogens with one attached hydrogen (secondary N) is 1. The van der Waals surface area contributed by atoms with E-state index >= 15 is 0 Å². The molecule has 0 aliphatic rings. The first-order chi connectivity index (χ1) is 14.6. The monoisotopic (exact) mass is 608 g/mol. The second-order valence-corrected chi connectivity index (χ2v) is 11.0. The number of carbonyl (C=O) groups excluding carboxylic acids is 1.